The van der Waals surface area contributed by atoms with Crippen LogP contribution in [-0.2, 0) is 6.42 Å². The molecule has 0 aliphatic heterocycles. The Kier molecular flexibility index (Phi) is 2.83. The molecule has 1 aromatic carbocycles. The number of hydrogen-bond donors (Lipinski definition) is 1. The van der Waals surface area contributed by atoms with Gasteiger partial charge in [0.05, 0.1) is 0 Å². The highest BCUT2D eigenvalue weighted by atomic mass is 35.5. The third kappa shape index (κ3) is 2.44. The molecule has 0 amide bonds. The molecule has 0 atom stereocenters. The zero-order chi connectivity index (χ0) is 10.7. The number of benzene rings is 1. The summed E-state index contributed by atoms with van der Waals surface area (Å²) in [4.78, 5) is 10.4. The summed E-state index contributed by atoms with van der Waals surface area (Å²) >= 11 is 5.86. The van der Waals surface area contributed by atoms with E-state index in [-0.39, 0.29) is 0 Å². The summed E-state index contributed by atoms with van der Waals surface area (Å²) in [5, 5.41) is 7.34. The van der Waals surface area contributed by atoms with Crippen LogP contribution < -0.4 is 0 Å². The van der Waals surface area contributed by atoms with E-state index in [4.69, 9.17) is 11.6 Å². The monoisotopic (exact) mass is 220 g/mol. The van der Waals surface area contributed by atoms with Gasteiger partial charge >= 0.3 is 0 Å². The van der Waals surface area contributed by atoms with Crippen molar-refractivity contribution < 1.29 is 4.79 Å². The van der Waals surface area contributed by atoms with Crippen LogP contribution in [0, 0.1) is 0 Å². The third-order valence-corrected chi connectivity index (χ3v) is 2.29. The fourth-order valence-electron chi connectivity index (χ4n) is 1.40. The van der Waals surface area contributed by atoms with Crippen LogP contribution in [-0.4, -0.2) is 16.5 Å². The van der Waals surface area contributed by atoms with Crippen LogP contribution in [0.5, 0.6) is 0 Å². The fourth-order valence-corrected chi connectivity index (χ4v) is 1.61. The van der Waals surface area contributed by atoms with E-state index in [9.17, 15) is 4.79 Å². The third-order valence-electron chi connectivity index (χ3n) is 2.06. The standard InChI is InChI=1S/C11H9ClN2O/c12-9-3-1-2-8(4-9)5-10-6-11(7-15)14-13-10/h1-4,6-7H,5H2,(H,13,14). The highest BCUT2D eigenvalue weighted by Gasteiger charge is 2.01. The van der Waals surface area contributed by atoms with E-state index in [1.807, 2.05) is 24.3 Å². The molecule has 4 heteroatoms. The van der Waals surface area contributed by atoms with Crippen molar-refractivity contribution in [3.63, 3.8) is 0 Å². The number of aromatic nitrogens is 2. The maximum atomic E-state index is 10.4. The predicted molar refractivity (Wildman–Crippen MR) is 58.2 cm³/mol. The number of H-pyrrole nitrogens is 1. The topological polar surface area (TPSA) is 45.8 Å². The largest absolute Gasteiger partial charge is 0.296 e. The van der Waals surface area contributed by atoms with Crippen LogP contribution in [0.1, 0.15) is 21.7 Å². The van der Waals surface area contributed by atoms with Gasteiger partial charge in [-0.25, -0.2) is 0 Å². The van der Waals surface area contributed by atoms with E-state index in [1.165, 1.54) is 0 Å². The van der Waals surface area contributed by atoms with E-state index >= 15 is 0 Å². The Morgan fingerprint density at radius 2 is 2.27 bits per heavy atom. The second-order valence-corrected chi connectivity index (χ2v) is 3.68. The van der Waals surface area contributed by atoms with Crippen molar-refractivity contribution in [1.29, 1.82) is 0 Å². The van der Waals surface area contributed by atoms with Crippen molar-refractivity contribution in [3.05, 3.63) is 52.3 Å². The Labute approximate surface area is 92.1 Å². The van der Waals surface area contributed by atoms with Crippen molar-refractivity contribution in [2.75, 3.05) is 0 Å². The molecule has 2 rings (SSSR count). The molecule has 1 heterocycles. The van der Waals surface area contributed by atoms with Gasteiger partial charge in [0, 0.05) is 17.1 Å². The summed E-state index contributed by atoms with van der Waals surface area (Å²) in [6.45, 7) is 0. The lowest BCUT2D eigenvalue weighted by Gasteiger charge is -1.98. The molecular formula is C11H9ClN2O. The van der Waals surface area contributed by atoms with Gasteiger partial charge in [0.2, 0.25) is 0 Å². The summed E-state index contributed by atoms with van der Waals surface area (Å²) in [5.41, 5.74) is 2.41. The Morgan fingerprint density at radius 1 is 1.40 bits per heavy atom. The van der Waals surface area contributed by atoms with Crippen LogP contribution >= 0.6 is 11.6 Å². The minimum absolute atomic E-state index is 0.423. The maximum absolute atomic E-state index is 10.4. The van der Waals surface area contributed by atoms with Gasteiger partial charge in [-0.2, -0.15) is 5.10 Å². The number of halogens is 1. The molecule has 15 heavy (non-hydrogen) atoms. The number of carbonyl (C=O) groups excluding carboxylic acids is 1. The van der Waals surface area contributed by atoms with Crippen LogP contribution in [0.4, 0.5) is 0 Å². The highest BCUT2D eigenvalue weighted by Crippen LogP contribution is 2.13. The smallest absolute Gasteiger partial charge is 0.170 e. The molecule has 0 spiro atoms. The molecule has 2 aromatic rings. The van der Waals surface area contributed by atoms with Gasteiger partial charge in [-0.15, -0.1) is 0 Å². The number of aldehydes is 1. The van der Waals surface area contributed by atoms with Crippen molar-refractivity contribution in [2.24, 2.45) is 0 Å². The molecule has 0 radical (unpaired) electrons. The van der Waals surface area contributed by atoms with E-state index in [2.05, 4.69) is 10.2 Å². The Hall–Kier alpha value is -1.61. The molecule has 76 valence electrons. The average molecular weight is 221 g/mol. The molecule has 0 aliphatic rings. The lowest BCUT2D eigenvalue weighted by Crippen LogP contribution is -1.87. The molecule has 0 saturated carbocycles. The molecular weight excluding hydrogens is 212 g/mol. The number of nitrogens with one attached hydrogen (secondary N) is 1. The Morgan fingerprint density at radius 3 is 2.93 bits per heavy atom. The molecule has 1 aromatic heterocycles. The molecule has 0 aliphatic carbocycles. The fraction of sp³-hybridized carbons (Fsp3) is 0.0909. The summed E-state index contributed by atoms with van der Waals surface area (Å²) in [6, 6.07) is 9.33. The quantitative estimate of drug-likeness (QED) is 0.808. The zero-order valence-corrected chi connectivity index (χ0v) is 8.66. The van der Waals surface area contributed by atoms with Crippen molar-refractivity contribution in [3.8, 4) is 0 Å². The van der Waals surface area contributed by atoms with E-state index in [1.54, 1.807) is 6.07 Å². The van der Waals surface area contributed by atoms with Crippen molar-refractivity contribution >= 4 is 17.9 Å². The van der Waals surface area contributed by atoms with Crippen LogP contribution in [0.3, 0.4) is 0 Å². The first-order chi connectivity index (χ1) is 7.28. The van der Waals surface area contributed by atoms with E-state index in [0.717, 1.165) is 17.5 Å². The van der Waals surface area contributed by atoms with Gasteiger partial charge in [-0.05, 0) is 23.8 Å². The first kappa shape index (κ1) is 9.93. The number of aromatic amines is 1. The van der Waals surface area contributed by atoms with Gasteiger partial charge in [0.25, 0.3) is 0 Å². The van der Waals surface area contributed by atoms with E-state index < -0.39 is 0 Å². The van der Waals surface area contributed by atoms with E-state index in [0.29, 0.717) is 17.1 Å². The molecule has 0 saturated heterocycles. The SMILES string of the molecule is O=Cc1cc(Cc2cccc(Cl)c2)[nH]n1. The van der Waals surface area contributed by atoms with Crippen LogP contribution in [0.15, 0.2) is 30.3 Å². The normalized spacial score (nSPS) is 10.2. The van der Waals surface area contributed by atoms with Crippen LogP contribution in [0.25, 0.3) is 0 Å². The molecule has 0 unspecified atom stereocenters. The molecule has 3 nitrogen and oxygen atoms in total. The second kappa shape index (κ2) is 4.28. The molecule has 0 bridgehead atoms. The zero-order valence-electron chi connectivity index (χ0n) is 7.90. The summed E-state index contributed by atoms with van der Waals surface area (Å²) in [7, 11) is 0. The highest BCUT2D eigenvalue weighted by molar-refractivity contribution is 6.30. The van der Waals surface area contributed by atoms with Gasteiger partial charge in [0.1, 0.15) is 5.69 Å². The number of rotatable bonds is 3. The van der Waals surface area contributed by atoms with Gasteiger partial charge in [0.15, 0.2) is 6.29 Å². The second-order valence-electron chi connectivity index (χ2n) is 3.24. The number of nitrogens with zero attached hydrogens (tertiary/aromatic N) is 1. The Balaban J connectivity index is 2.18. The van der Waals surface area contributed by atoms with Crippen molar-refractivity contribution in [1.82, 2.24) is 10.2 Å². The Bertz CT molecular complexity index is 479. The van der Waals surface area contributed by atoms with Gasteiger partial charge in [-0.1, -0.05) is 23.7 Å². The minimum atomic E-state index is 0.423. The maximum Gasteiger partial charge on any atom is 0.170 e. The average Bonchev–Trinajstić information content (AvgIpc) is 2.65. The summed E-state index contributed by atoms with van der Waals surface area (Å²) < 4.78 is 0. The predicted octanol–water partition coefficient (Wildman–Crippen LogP) is 2.47. The lowest BCUT2D eigenvalue weighted by molar-refractivity contribution is 0.111. The number of hydrogen-bond acceptors (Lipinski definition) is 2. The van der Waals surface area contributed by atoms with Crippen LogP contribution in [0.2, 0.25) is 5.02 Å². The summed E-state index contributed by atoms with van der Waals surface area (Å²) in [6.07, 6.45) is 1.42. The first-order valence-electron chi connectivity index (χ1n) is 4.52. The van der Waals surface area contributed by atoms with Gasteiger partial charge < -0.3 is 0 Å². The molecule has 0 fully saturated rings. The van der Waals surface area contributed by atoms with Crippen molar-refractivity contribution in [2.45, 2.75) is 6.42 Å². The van der Waals surface area contributed by atoms with Gasteiger partial charge in [-0.3, -0.25) is 9.89 Å². The first-order valence-corrected chi connectivity index (χ1v) is 4.89. The summed E-state index contributed by atoms with van der Waals surface area (Å²) in [5.74, 6) is 0. The minimum Gasteiger partial charge on any atom is -0.296 e. The lowest BCUT2D eigenvalue weighted by atomic mass is 10.1. The molecule has 1 N–H and O–H groups in total. The number of carbonyl (C=O) groups is 1.